The van der Waals surface area contributed by atoms with Crippen molar-refractivity contribution in [1.29, 1.82) is 0 Å². The van der Waals surface area contributed by atoms with Crippen molar-refractivity contribution in [2.24, 2.45) is 11.7 Å². The predicted molar refractivity (Wildman–Crippen MR) is 59.9 cm³/mol. The molecular weight excluding hydrogens is 192 g/mol. The Hall–Kier alpha value is -1.59. The lowest BCUT2D eigenvalue weighted by Crippen LogP contribution is -2.48. The van der Waals surface area contributed by atoms with Crippen LogP contribution in [0.2, 0.25) is 0 Å². The van der Waals surface area contributed by atoms with E-state index >= 15 is 0 Å². The van der Waals surface area contributed by atoms with E-state index in [1.807, 2.05) is 37.5 Å². The van der Waals surface area contributed by atoms with Crippen molar-refractivity contribution in [1.82, 2.24) is 5.43 Å². The fourth-order valence-electron chi connectivity index (χ4n) is 1.37. The number of anilines is 1. The monoisotopic (exact) mass is 208 g/mol. The van der Waals surface area contributed by atoms with Gasteiger partial charge in [0.1, 0.15) is 0 Å². The lowest BCUT2D eigenvalue weighted by molar-refractivity contribution is 0.246. The van der Waals surface area contributed by atoms with Crippen molar-refractivity contribution in [2.75, 3.05) is 5.01 Å². The second kappa shape index (κ2) is 4.77. The van der Waals surface area contributed by atoms with Crippen LogP contribution in [0.15, 0.2) is 24.3 Å². The van der Waals surface area contributed by atoms with E-state index in [1.54, 1.807) is 6.07 Å². The molecule has 5 heteroatoms. The van der Waals surface area contributed by atoms with E-state index in [-0.39, 0.29) is 5.92 Å². The first-order valence-electron chi connectivity index (χ1n) is 4.72. The summed E-state index contributed by atoms with van der Waals surface area (Å²) >= 11 is 0. The third-order valence-electron chi connectivity index (χ3n) is 2.16. The molecule has 1 aromatic rings. The number of carbonyl (C=O) groups is 1. The number of para-hydroxylation sites is 1. The quantitative estimate of drug-likeness (QED) is 0.386. The molecule has 0 heterocycles. The van der Waals surface area contributed by atoms with Gasteiger partial charge in [0.15, 0.2) is 0 Å². The first-order chi connectivity index (χ1) is 7.07. The normalized spacial score (nSPS) is 10.2. The molecule has 0 atom stereocenters. The zero-order chi connectivity index (χ0) is 11.4. The molecule has 0 radical (unpaired) electrons. The van der Waals surface area contributed by atoms with Gasteiger partial charge in [-0.1, -0.05) is 32.0 Å². The Labute approximate surface area is 89.0 Å². The van der Waals surface area contributed by atoms with Crippen molar-refractivity contribution in [3.8, 4) is 0 Å². The van der Waals surface area contributed by atoms with Crippen LogP contribution in [0.3, 0.4) is 0 Å². The van der Waals surface area contributed by atoms with Gasteiger partial charge in [0.2, 0.25) is 0 Å². The third kappa shape index (κ3) is 2.45. The Morgan fingerprint density at radius 2 is 2.00 bits per heavy atom. The molecule has 0 saturated heterocycles. The van der Waals surface area contributed by atoms with Crippen LogP contribution in [-0.4, -0.2) is 6.03 Å². The van der Waals surface area contributed by atoms with Crippen molar-refractivity contribution >= 4 is 11.7 Å². The van der Waals surface area contributed by atoms with Crippen LogP contribution >= 0.6 is 0 Å². The average Bonchev–Trinajstić information content (AvgIpc) is 2.27. The first-order valence-corrected chi connectivity index (χ1v) is 4.72. The van der Waals surface area contributed by atoms with Gasteiger partial charge < -0.3 is 0 Å². The summed E-state index contributed by atoms with van der Waals surface area (Å²) in [6.45, 7) is 4.07. The Morgan fingerprint density at radius 1 is 1.40 bits per heavy atom. The summed E-state index contributed by atoms with van der Waals surface area (Å²) < 4.78 is 0. The summed E-state index contributed by atoms with van der Waals surface area (Å²) in [4.78, 5) is 11.3. The molecule has 0 aliphatic rings. The maximum absolute atomic E-state index is 11.3. The molecule has 5 N–H and O–H groups in total. The molecule has 0 fully saturated rings. The number of hydrazine groups is 2. The zero-order valence-corrected chi connectivity index (χ0v) is 8.90. The van der Waals surface area contributed by atoms with Crippen molar-refractivity contribution < 1.29 is 4.79 Å². The van der Waals surface area contributed by atoms with Gasteiger partial charge in [-0.05, 0) is 17.5 Å². The molecule has 5 nitrogen and oxygen atoms in total. The van der Waals surface area contributed by atoms with E-state index in [0.717, 1.165) is 10.6 Å². The van der Waals surface area contributed by atoms with Crippen LogP contribution in [0.5, 0.6) is 0 Å². The highest BCUT2D eigenvalue weighted by Crippen LogP contribution is 2.25. The highest BCUT2D eigenvalue weighted by molar-refractivity contribution is 5.91. The fraction of sp³-hybridized carbons (Fsp3) is 0.300. The predicted octanol–water partition coefficient (Wildman–Crippen LogP) is 1.07. The van der Waals surface area contributed by atoms with E-state index in [9.17, 15) is 4.79 Å². The maximum Gasteiger partial charge on any atom is 0.350 e. The van der Waals surface area contributed by atoms with Gasteiger partial charge in [0, 0.05) is 0 Å². The Kier molecular flexibility index (Phi) is 3.65. The number of urea groups is 1. The molecule has 0 spiro atoms. The highest BCUT2D eigenvalue weighted by atomic mass is 16.2. The SMILES string of the molecule is CC(C)c1ccccc1N(N)C(=O)NN. The van der Waals surface area contributed by atoms with E-state index in [4.69, 9.17) is 11.7 Å². The molecule has 1 rings (SSSR count). The second-order valence-electron chi connectivity index (χ2n) is 3.53. The molecule has 0 bridgehead atoms. The van der Waals surface area contributed by atoms with Crippen LogP contribution in [0.25, 0.3) is 0 Å². The molecule has 1 aromatic carbocycles. The summed E-state index contributed by atoms with van der Waals surface area (Å²) in [5.41, 5.74) is 3.66. The maximum atomic E-state index is 11.3. The summed E-state index contributed by atoms with van der Waals surface area (Å²) in [5, 5.41) is 1.01. The molecule has 0 aliphatic carbocycles. The number of hydrogen-bond acceptors (Lipinski definition) is 3. The van der Waals surface area contributed by atoms with Crippen LogP contribution in [0.4, 0.5) is 10.5 Å². The minimum atomic E-state index is -0.539. The lowest BCUT2D eigenvalue weighted by Gasteiger charge is -2.20. The average molecular weight is 208 g/mol. The summed E-state index contributed by atoms with van der Waals surface area (Å²) in [5.74, 6) is 10.9. The number of nitrogens with two attached hydrogens (primary N) is 2. The minimum Gasteiger partial charge on any atom is -0.274 e. The van der Waals surface area contributed by atoms with E-state index in [2.05, 4.69) is 0 Å². The Balaban J connectivity index is 3.07. The minimum absolute atomic E-state index is 0.290. The molecule has 15 heavy (non-hydrogen) atoms. The van der Waals surface area contributed by atoms with Crippen LogP contribution in [0.1, 0.15) is 25.3 Å². The Bertz CT molecular complexity index is 351. The van der Waals surface area contributed by atoms with Gasteiger partial charge in [0.25, 0.3) is 0 Å². The fourth-order valence-corrected chi connectivity index (χ4v) is 1.37. The third-order valence-corrected chi connectivity index (χ3v) is 2.16. The molecule has 82 valence electrons. The molecule has 2 amide bonds. The molecule has 0 aromatic heterocycles. The standard InChI is InChI=1S/C10H16N4O/c1-7(2)8-5-3-4-6-9(8)14(12)10(15)13-11/h3-7H,11-12H2,1-2H3,(H,13,15). The summed E-state index contributed by atoms with van der Waals surface area (Å²) in [6.07, 6.45) is 0. The zero-order valence-electron chi connectivity index (χ0n) is 8.90. The Morgan fingerprint density at radius 3 is 2.53 bits per heavy atom. The van der Waals surface area contributed by atoms with Crippen LogP contribution in [0, 0.1) is 0 Å². The summed E-state index contributed by atoms with van der Waals surface area (Å²) in [6, 6.07) is 6.91. The number of benzene rings is 1. The molecule has 0 saturated carbocycles. The van der Waals surface area contributed by atoms with Crippen molar-refractivity contribution in [3.63, 3.8) is 0 Å². The largest absolute Gasteiger partial charge is 0.350 e. The first kappa shape index (κ1) is 11.5. The van der Waals surface area contributed by atoms with Crippen molar-refractivity contribution in [3.05, 3.63) is 29.8 Å². The van der Waals surface area contributed by atoms with Gasteiger partial charge in [-0.2, -0.15) is 0 Å². The van der Waals surface area contributed by atoms with Gasteiger partial charge >= 0.3 is 6.03 Å². The number of nitrogens with zero attached hydrogens (tertiary/aromatic N) is 1. The number of rotatable bonds is 2. The molecule has 0 aliphatic heterocycles. The number of amides is 2. The van der Waals surface area contributed by atoms with Crippen molar-refractivity contribution in [2.45, 2.75) is 19.8 Å². The van der Waals surface area contributed by atoms with E-state index < -0.39 is 6.03 Å². The van der Waals surface area contributed by atoms with E-state index in [1.165, 1.54) is 0 Å². The van der Waals surface area contributed by atoms with Crippen LogP contribution < -0.4 is 22.1 Å². The lowest BCUT2D eigenvalue weighted by atomic mass is 10.0. The number of carbonyl (C=O) groups excluding carboxylic acids is 1. The van der Waals surface area contributed by atoms with Crippen LogP contribution in [-0.2, 0) is 0 Å². The summed E-state index contributed by atoms with van der Waals surface area (Å²) in [7, 11) is 0. The molecule has 0 unspecified atom stereocenters. The second-order valence-corrected chi connectivity index (χ2v) is 3.53. The molecular formula is C10H16N4O. The van der Waals surface area contributed by atoms with Gasteiger partial charge in [0.05, 0.1) is 5.69 Å². The van der Waals surface area contributed by atoms with Gasteiger partial charge in [-0.3, -0.25) is 5.43 Å². The number of hydrogen-bond donors (Lipinski definition) is 3. The highest BCUT2D eigenvalue weighted by Gasteiger charge is 2.15. The topological polar surface area (TPSA) is 84.4 Å². The smallest absolute Gasteiger partial charge is 0.274 e. The van der Waals surface area contributed by atoms with Gasteiger partial charge in [-0.15, -0.1) is 0 Å². The van der Waals surface area contributed by atoms with Gasteiger partial charge in [-0.25, -0.2) is 21.5 Å². The number of nitrogens with one attached hydrogen (secondary N) is 1. The van der Waals surface area contributed by atoms with E-state index in [0.29, 0.717) is 5.69 Å².